The van der Waals surface area contributed by atoms with E-state index in [4.69, 9.17) is 0 Å². The fourth-order valence-electron chi connectivity index (χ4n) is 0.926. The summed E-state index contributed by atoms with van der Waals surface area (Å²) in [7, 11) is 0. The summed E-state index contributed by atoms with van der Waals surface area (Å²) in [5, 5.41) is -6.02. The van der Waals surface area contributed by atoms with Gasteiger partial charge < -0.3 is 0 Å². The molecular weight excluding hydrogens is 344 g/mol. The molecule has 0 amide bonds. The van der Waals surface area contributed by atoms with Gasteiger partial charge in [-0.05, 0) is 0 Å². The molecular formula is C7H4F12S. The van der Waals surface area contributed by atoms with Crippen LogP contribution in [0.25, 0.3) is 0 Å². The molecule has 122 valence electrons. The Morgan fingerprint density at radius 2 is 1.05 bits per heavy atom. The third-order valence-corrected chi connectivity index (χ3v) is 2.28. The molecule has 1 unspecified atom stereocenters. The second kappa shape index (κ2) is 5.05. The van der Waals surface area contributed by atoms with E-state index < -0.39 is 41.8 Å². The number of rotatable bonds is 5. The Hall–Kier alpha value is -0.490. The summed E-state index contributed by atoms with van der Waals surface area (Å²) in [5.41, 5.74) is 0. The van der Waals surface area contributed by atoms with Crippen LogP contribution in [0.1, 0.15) is 6.42 Å². The van der Waals surface area contributed by atoms with Gasteiger partial charge in [0, 0.05) is 0 Å². The molecule has 0 aromatic rings. The molecule has 0 aliphatic rings. The molecule has 0 aliphatic heterocycles. The molecule has 0 heterocycles. The predicted molar refractivity (Wildman–Crippen MR) is 44.3 cm³/mol. The van der Waals surface area contributed by atoms with E-state index in [0.717, 1.165) is 0 Å². The zero-order valence-electron chi connectivity index (χ0n) is 8.77. The third kappa shape index (κ3) is 3.39. The average molecular weight is 348 g/mol. The number of hydrogen-bond acceptors (Lipinski definition) is 1. The lowest BCUT2D eigenvalue weighted by atomic mass is 9.98. The van der Waals surface area contributed by atoms with Crippen molar-refractivity contribution in [1.29, 1.82) is 0 Å². The van der Waals surface area contributed by atoms with Crippen molar-refractivity contribution in [2.45, 2.75) is 41.8 Å². The van der Waals surface area contributed by atoms with E-state index >= 15 is 0 Å². The van der Waals surface area contributed by atoms with Crippen molar-refractivity contribution in [2.24, 2.45) is 0 Å². The molecule has 0 bridgehead atoms. The van der Waals surface area contributed by atoms with Gasteiger partial charge in [0.15, 0.2) is 6.17 Å². The van der Waals surface area contributed by atoms with Crippen LogP contribution in [0.4, 0.5) is 52.7 Å². The van der Waals surface area contributed by atoms with Crippen molar-refractivity contribution in [3.05, 3.63) is 0 Å². The van der Waals surface area contributed by atoms with E-state index in [1.165, 1.54) is 0 Å². The van der Waals surface area contributed by atoms with Gasteiger partial charge in [0.25, 0.3) is 0 Å². The SMILES string of the molecule is FC(CC(F)(F)F)C(F)(F)C(F)(F)C(F)(F)C(F)(F)S. The molecule has 1 atom stereocenters. The molecule has 0 aromatic heterocycles. The lowest BCUT2D eigenvalue weighted by molar-refractivity contribution is -0.361. The van der Waals surface area contributed by atoms with Gasteiger partial charge >= 0.3 is 29.2 Å². The maximum atomic E-state index is 12.7. The molecule has 0 N–H and O–H groups in total. The summed E-state index contributed by atoms with van der Waals surface area (Å²) >= 11 is 1.67. The second-order valence-electron chi connectivity index (χ2n) is 3.60. The van der Waals surface area contributed by atoms with Crippen LogP contribution in [0.3, 0.4) is 0 Å². The predicted octanol–water partition coefficient (Wildman–Crippen LogP) is 4.71. The highest BCUT2D eigenvalue weighted by molar-refractivity contribution is 7.81. The summed E-state index contributed by atoms with van der Waals surface area (Å²) < 4.78 is 147. The van der Waals surface area contributed by atoms with Gasteiger partial charge in [-0.25, -0.2) is 4.39 Å². The van der Waals surface area contributed by atoms with Crippen LogP contribution in [0.15, 0.2) is 0 Å². The molecule has 0 rings (SSSR count). The molecule has 0 saturated heterocycles. The Balaban J connectivity index is 5.58. The van der Waals surface area contributed by atoms with Gasteiger partial charge in [-0.2, -0.15) is 48.3 Å². The lowest BCUT2D eigenvalue weighted by Crippen LogP contribution is -2.63. The third-order valence-electron chi connectivity index (χ3n) is 1.99. The molecule has 0 fully saturated rings. The van der Waals surface area contributed by atoms with Crippen LogP contribution < -0.4 is 0 Å². The van der Waals surface area contributed by atoms with Crippen LogP contribution >= 0.6 is 12.6 Å². The van der Waals surface area contributed by atoms with Crippen LogP contribution in [-0.2, 0) is 0 Å². The zero-order valence-corrected chi connectivity index (χ0v) is 9.66. The molecule has 0 saturated carbocycles. The molecule has 0 aromatic carbocycles. The summed E-state index contributed by atoms with van der Waals surface area (Å²) in [6, 6.07) is 0. The molecule has 0 aliphatic carbocycles. The number of thiol groups is 1. The quantitative estimate of drug-likeness (QED) is 0.540. The summed E-state index contributed by atoms with van der Waals surface area (Å²) in [6.07, 6.45) is -13.8. The van der Waals surface area contributed by atoms with Gasteiger partial charge in [0.1, 0.15) is 0 Å². The van der Waals surface area contributed by atoms with Gasteiger partial charge in [-0.1, -0.05) is 12.6 Å². The fraction of sp³-hybridized carbons (Fsp3) is 1.00. The van der Waals surface area contributed by atoms with Gasteiger partial charge in [0.2, 0.25) is 0 Å². The Morgan fingerprint density at radius 1 is 0.700 bits per heavy atom. The van der Waals surface area contributed by atoms with Crippen molar-refractivity contribution in [1.82, 2.24) is 0 Å². The van der Waals surface area contributed by atoms with Crippen LogP contribution in [0, 0.1) is 0 Å². The first-order valence-corrected chi connectivity index (χ1v) is 4.77. The van der Waals surface area contributed by atoms with E-state index in [1.807, 2.05) is 0 Å². The Bertz CT molecular complexity index is 339. The van der Waals surface area contributed by atoms with Crippen molar-refractivity contribution in [3.8, 4) is 0 Å². The smallest absolute Gasteiger partial charge is 0.240 e. The van der Waals surface area contributed by atoms with Gasteiger partial charge in [-0.15, -0.1) is 0 Å². The van der Waals surface area contributed by atoms with E-state index in [1.54, 1.807) is 12.6 Å². The van der Waals surface area contributed by atoms with Crippen LogP contribution in [0.2, 0.25) is 0 Å². The van der Waals surface area contributed by atoms with Gasteiger partial charge in [-0.3, -0.25) is 0 Å². The van der Waals surface area contributed by atoms with Crippen LogP contribution in [0.5, 0.6) is 0 Å². The minimum atomic E-state index is -7.10. The monoisotopic (exact) mass is 348 g/mol. The molecule has 0 radical (unpaired) electrons. The van der Waals surface area contributed by atoms with E-state index in [-0.39, 0.29) is 0 Å². The van der Waals surface area contributed by atoms with Crippen LogP contribution in [-0.4, -0.2) is 35.4 Å². The first kappa shape index (κ1) is 19.5. The Morgan fingerprint density at radius 3 is 1.30 bits per heavy atom. The minimum absolute atomic E-state index is 1.67. The number of alkyl halides is 12. The number of halogens is 12. The second-order valence-corrected chi connectivity index (χ2v) is 4.16. The van der Waals surface area contributed by atoms with E-state index in [2.05, 4.69) is 0 Å². The largest absolute Gasteiger partial charge is 0.392 e. The Kier molecular flexibility index (Phi) is 4.93. The number of hydrogen-bond donors (Lipinski definition) is 1. The fourth-order valence-corrected chi connectivity index (χ4v) is 1.07. The zero-order chi connectivity index (χ0) is 16.8. The maximum absolute atomic E-state index is 12.7. The highest BCUT2D eigenvalue weighted by Gasteiger charge is 2.81. The summed E-state index contributed by atoms with van der Waals surface area (Å²) in [4.78, 5) is 0. The van der Waals surface area contributed by atoms with E-state index in [0.29, 0.717) is 0 Å². The van der Waals surface area contributed by atoms with Crippen molar-refractivity contribution in [2.75, 3.05) is 0 Å². The van der Waals surface area contributed by atoms with Crippen molar-refractivity contribution in [3.63, 3.8) is 0 Å². The standard InChI is InChI=1S/C7H4F12S/c8-2(1-3(9,10)11)4(12,13)5(14,15)6(16,17)7(18,19)20/h2,20H,1H2. The van der Waals surface area contributed by atoms with Gasteiger partial charge in [0.05, 0.1) is 6.42 Å². The lowest BCUT2D eigenvalue weighted by Gasteiger charge is -2.36. The first-order chi connectivity index (χ1) is 8.38. The van der Waals surface area contributed by atoms with Crippen molar-refractivity contribution >= 4 is 12.6 Å². The normalized spacial score (nSPS) is 17.2. The summed E-state index contributed by atoms with van der Waals surface area (Å²) in [5.74, 6) is -20.7. The maximum Gasteiger partial charge on any atom is 0.392 e. The minimum Gasteiger partial charge on any atom is -0.240 e. The van der Waals surface area contributed by atoms with Crippen molar-refractivity contribution < 1.29 is 52.7 Å². The highest BCUT2D eigenvalue weighted by atomic mass is 32.1. The van der Waals surface area contributed by atoms with E-state index in [9.17, 15) is 52.7 Å². The molecule has 20 heavy (non-hydrogen) atoms. The highest BCUT2D eigenvalue weighted by Crippen LogP contribution is 2.55. The molecule has 0 spiro atoms. The average Bonchev–Trinajstić information content (AvgIpc) is 2.12. The molecule has 13 heteroatoms. The first-order valence-electron chi connectivity index (χ1n) is 4.32. The molecule has 0 nitrogen and oxygen atoms in total. The topological polar surface area (TPSA) is 0 Å². The summed E-state index contributed by atoms with van der Waals surface area (Å²) in [6.45, 7) is 0. The Labute approximate surface area is 108 Å².